The molecule has 0 amide bonds. The minimum absolute atomic E-state index is 0.0429. The van der Waals surface area contributed by atoms with E-state index < -0.39 is 12.2 Å². The SMILES string of the molecule is CCOc1ccc(Cc2cc(C3O[C@H](CC)[C@@H](C)[C@H](OCc4ccccc4)[C@H]3OCc3ccccc3)c3c(c2Cl)OCC3=O)cc1. The molecule has 7 heteroatoms. The number of ether oxygens (including phenoxy) is 5. The Morgan fingerprint density at radius 3 is 2.07 bits per heavy atom. The molecule has 46 heavy (non-hydrogen) atoms. The molecule has 6 rings (SSSR count). The molecule has 1 unspecified atom stereocenters. The second kappa shape index (κ2) is 14.8. The quantitative estimate of drug-likeness (QED) is 0.155. The van der Waals surface area contributed by atoms with Crippen LogP contribution in [0, 0.1) is 5.92 Å². The van der Waals surface area contributed by atoms with Gasteiger partial charge < -0.3 is 23.7 Å². The van der Waals surface area contributed by atoms with Gasteiger partial charge in [-0.2, -0.15) is 0 Å². The summed E-state index contributed by atoms with van der Waals surface area (Å²) in [4.78, 5) is 13.4. The lowest BCUT2D eigenvalue weighted by Crippen LogP contribution is -2.52. The van der Waals surface area contributed by atoms with Crippen LogP contribution in [0.3, 0.4) is 0 Å². The van der Waals surface area contributed by atoms with E-state index in [1.54, 1.807) is 0 Å². The molecule has 4 aromatic rings. The largest absolute Gasteiger partial charge is 0.494 e. The van der Waals surface area contributed by atoms with E-state index in [0.717, 1.165) is 40.0 Å². The number of halogens is 1. The molecule has 5 atom stereocenters. The summed E-state index contributed by atoms with van der Waals surface area (Å²) in [6.45, 7) is 7.61. The van der Waals surface area contributed by atoms with Gasteiger partial charge in [0.1, 0.15) is 23.7 Å². The van der Waals surface area contributed by atoms with Crippen molar-refractivity contribution in [1.29, 1.82) is 0 Å². The minimum Gasteiger partial charge on any atom is -0.494 e. The van der Waals surface area contributed by atoms with Crippen molar-refractivity contribution in [2.75, 3.05) is 13.2 Å². The third-order valence-electron chi connectivity index (χ3n) is 8.91. The molecule has 2 aliphatic rings. The van der Waals surface area contributed by atoms with Gasteiger partial charge in [-0.05, 0) is 59.7 Å². The van der Waals surface area contributed by atoms with Crippen molar-refractivity contribution in [1.82, 2.24) is 0 Å². The van der Waals surface area contributed by atoms with E-state index in [-0.39, 0.29) is 30.5 Å². The van der Waals surface area contributed by atoms with Gasteiger partial charge in [-0.1, -0.05) is 104 Å². The van der Waals surface area contributed by atoms with Crippen molar-refractivity contribution >= 4 is 17.4 Å². The Balaban J connectivity index is 1.40. The zero-order chi connectivity index (χ0) is 32.0. The van der Waals surface area contributed by atoms with Gasteiger partial charge in [0.05, 0.1) is 42.6 Å². The summed E-state index contributed by atoms with van der Waals surface area (Å²) in [5.74, 6) is 1.17. The second-order valence-electron chi connectivity index (χ2n) is 12.0. The first-order valence-corrected chi connectivity index (χ1v) is 16.5. The highest BCUT2D eigenvalue weighted by atomic mass is 35.5. The van der Waals surface area contributed by atoms with E-state index in [9.17, 15) is 4.79 Å². The zero-order valence-electron chi connectivity index (χ0n) is 26.6. The first kappa shape index (κ1) is 32.3. The van der Waals surface area contributed by atoms with Crippen molar-refractivity contribution in [2.24, 2.45) is 5.92 Å². The third kappa shape index (κ3) is 7.01. The highest BCUT2D eigenvalue weighted by Crippen LogP contribution is 2.47. The lowest BCUT2D eigenvalue weighted by molar-refractivity contribution is -0.234. The summed E-state index contributed by atoms with van der Waals surface area (Å²) < 4.78 is 32.0. The van der Waals surface area contributed by atoms with Crippen LogP contribution in [-0.2, 0) is 33.8 Å². The monoisotopic (exact) mass is 640 g/mol. The molecule has 1 saturated heterocycles. The number of carbonyl (C=O) groups excluding carboxylic acids is 1. The van der Waals surface area contributed by atoms with Gasteiger partial charge in [0.2, 0.25) is 5.78 Å². The van der Waals surface area contributed by atoms with Crippen LogP contribution in [-0.4, -0.2) is 37.3 Å². The van der Waals surface area contributed by atoms with Gasteiger partial charge in [0.15, 0.2) is 6.61 Å². The molecule has 1 fully saturated rings. The zero-order valence-corrected chi connectivity index (χ0v) is 27.4. The van der Waals surface area contributed by atoms with Gasteiger partial charge >= 0.3 is 0 Å². The highest BCUT2D eigenvalue weighted by molar-refractivity contribution is 6.34. The maximum atomic E-state index is 13.4. The number of fused-ring (bicyclic) bond motifs is 1. The summed E-state index contributed by atoms with van der Waals surface area (Å²) in [7, 11) is 0. The molecular formula is C39H41ClO6. The Kier molecular flexibility index (Phi) is 10.4. The number of Topliss-reactive ketones (excluding diaryl/α,β-unsaturated/α-hetero) is 1. The molecule has 0 spiro atoms. The predicted molar refractivity (Wildman–Crippen MR) is 179 cm³/mol. The Morgan fingerprint density at radius 2 is 1.46 bits per heavy atom. The topological polar surface area (TPSA) is 63.2 Å². The molecule has 4 aromatic carbocycles. The molecule has 0 N–H and O–H groups in total. The smallest absolute Gasteiger partial charge is 0.204 e. The highest BCUT2D eigenvalue weighted by Gasteiger charge is 2.47. The van der Waals surface area contributed by atoms with Crippen molar-refractivity contribution in [3.05, 3.63) is 129 Å². The fraction of sp³-hybridized carbons (Fsp3) is 0.359. The number of hydrogen-bond donors (Lipinski definition) is 0. The van der Waals surface area contributed by atoms with E-state index in [0.29, 0.717) is 42.6 Å². The maximum Gasteiger partial charge on any atom is 0.204 e. The van der Waals surface area contributed by atoms with E-state index in [2.05, 4.69) is 26.0 Å². The van der Waals surface area contributed by atoms with Gasteiger partial charge in [-0.25, -0.2) is 0 Å². The van der Waals surface area contributed by atoms with Crippen molar-refractivity contribution in [3.8, 4) is 11.5 Å². The number of ketones is 1. The second-order valence-corrected chi connectivity index (χ2v) is 12.4. The van der Waals surface area contributed by atoms with Gasteiger partial charge in [-0.3, -0.25) is 4.79 Å². The van der Waals surface area contributed by atoms with Gasteiger partial charge in [0.25, 0.3) is 0 Å². The fourth-order valence-corrected chi connectivity index (χ4v) is 6.81. The molecule has 0 aromatic heterocycles. The standard InChI is InChI=1S/C39H41ClO6/c1-4-33-25(3)36(43-22-27-12-8-6-9-13-27)39(44-23-28-14-10-7-11-15-28)37(46-33)31-21-29(35(40)38-34(31)32(41)24-45-38)20-26-16-18-30(19-17-26)42-5-2/h6-19,21,25,33,36-37,39H,4-5,20,22-24H2,1-3H3/t25-,33-,36+,37?,39-/m1/s1. The van der Waals surface area contributed by atoms with Gasteiger partial charge in [-0.15, -0.1) is 0 Å². The molecule has 2 aliphatic heterocycles. The van der Waals surface area contributed by atoms with Crippen LogP contribution in [0.25, 0.3) is 0 Å². The van der Waals surface area contributed by atoms with Crippen LogP contribution in [0.5, 0.6) is 11.5 Å². The molecule has 0 radical (unpaired) electrons. The normalized spacial score (nSPS) is 22.3. The average Bonchev–Trinajstić information content (AvgIpc) is 3.48. The summed E-state index contributed by atoms with van der Waals surface area (Å²) in [5.41, 5.74) is 5.26. The van der Waals surface area contributed by atoms with E-state index in [1.165, 1.54) is 0 Å². The van der Waals surface area contributed by atoms with Crippen molar-refractivity contribution in [2.45, 2.75) is 71.2 Å². The number of rotatable bonds is 12. The summed E-state index contributed by atoms with van der Waals surface area (Å²) in [6, 6.07) is 30.2. The number of hydrogen-bond acceptors (Lipinski definition) is 6. The Bertz CT molecular complexity index is 1610. The molecule has 0 bridgehead atoms. The van der Waals surface area contributed by atoms with Crippen LogP contribution in [0.2, 0.25) is 5.02 Å². The lowest BCUT2D eigenvalue weighted by atomic mass is 9.82. The van der Waals surface area contributed by atoms with Crippen LogP contribution >= 0.6 is 11.6 Å². The predicted octanol–water partition coefficient (Wildman–Crippen LogP) is 8.56. The van der Waals surface area contributed by atoms with Crippen molar-refractivity contribution < 1.29 is 28.5 Å². The average molecular weight is 641 g/mol. The Labute approximate surface area is 276 Å². The molecule has 240 valence electrons. The van der Waals surface area contributed by atoms with E-state index in [4.69, 9.17) is 35.3 Å². The first-order chi connectivity index (χ1) is 22.5. The maximum absolute atomic E-state index is 13.4. The minimum atomic E-state index is -0.582. The van der Waals surface area contributed by atoms with E-state index >= 15 is 0 Å². The number of carbonyl (C=O) groups is 1. The molecule has 0 saturated carbocycles. The molecule has 2 heterocycles. The van der Waals surface area contributed by atoms with Gasteiger partial charge in [0, 0.05) is 5.92 Å². The summed E-state index contributed by atoms with van der Waals surface area (Å²) in [5, 5.41) is 0.452. The van der Waals surface area contributed by atoms with Crippen LogP contribution in [0.15, 0.2) is 91.0 Å². The van der Waals surface area contributed by atoms with Crippen LogP contribution in [0.4, 0.5) is 0 Å². The Morgan fingerprint density at radius 1 is 0.826 bits per heavy atom. The lowest BCUT2D eigenvalue weighted by Gasteiger charge is -2.46. The number of benzene rings is 4. The molecule has 0 aliphatic carbocycles. The molecular weight excluding hydrogens is 600 g/mol. The van der Waals surface area contributed by atoms with Crippen LogP contribution in [0.1, 0.15) is 71.5 Å². The Hall–Kier alpha value is -3.68. The summed E-state index contributed by atoms with van der Waals surface area (Å²) in [6.07, 6.45) is -0.160. The third-order valence-corrected chi connectivity index (χ3v) is 9.32. The van der Waals surface area contributed by atoms with E-state index in [1.807, 2.05) is 85.8 Å². The molecule has 6 nitrogen and oxygen atoms in total. The van der Waals surface area contributed by atoms with Crippen molar-refractivity contribution in [3.63, 3.8) is 0 Å². The summed E-state index contributed by atoms with van der Waals surface area (Å²) >= 11 is 6.97. The fourth-order valence-electron chi connectivity index (χ4n) is 6.54. The van der Waals surface area contributed by atoms with Crippen LogP contribution < -0.4 is 9.47 Å². The first-order valence-electron chi connectivity index (χ1n) is 16.2.